The van der Waals surface area contributed by atoms with Gasteiger partial charge in [-0.1, -0.05) is 20.8 Å². The van der Waals surface area contributed by atoms with Crippen molar-refractivity contribution in [2.75, 3.05) is 0 Å². The molecule has 1 aromatic heterocycles. The van der Waals surface area contributed by atoms with E-state index < -0.39 is 0 Å². The normalized spacial score (nSPS) is 12.1. The van der Waals surface area contributed by atoms with Crippen LogP contribution in [-0.2, 0) is 12.0 Å². The maximum atomic E-state index is 4.32. The summed E-state index contributed by atoms with van der Waals surface area (Å²) in [6, 6.07) is 0. The van der Waals surface area contributed by atoms with Crippen molar-refractivity contribution in [2.24, 2.45) is 0 Å². The van der Waals surface area contributed by atoms with Crippen molar-refractivity contribution in [1.29, 1.82) is 0 Å². The molecular formula is C10H18N2. The summed E-state index contributed by atoms with van der Waals surface area (Å²) in [5.41, 5.74) is 2.85. The van der Waals surface area contributed by atoms with Crippen molar-refractivity contribution in [2.45, 2.75) is 46.6 Å². The molecule has 68 valence electrons. The first kappa shape index (κ1) is 9.30. The van der Waals surface area contributed by atoms with Crippen molar-refractivity contribution in [3.8, 4) is 0 Å². The second-order valence-electron chi connectivity index (χ2n) is 4.24. The Kier molecular flexibility index (Phi) is 2.27. The quantitative estimate of drug-likeness (QED) is 0.626. The number of aromatic nitrogens is 2. The van der Waals surface area contributed by atoms with Crippen LogP contribution in [0, 0.1) is 6.92 Å². The van der Waals surface area contributed by atoms with E-state index in [0.29, 0.717) is 0 Å². The van der Waals surface area contributed by atoms with E-state index in [4.69, 9.17) is 0 Å². The lowest BCUT2D eigenvalue weighted by Gasteiger charge is -2.21. The van der Waals surface area contributed by atoms with E-state index >= 15 is 0 Å². The van der Waals surface area contributed by atoms with Gasteiger partial charge in [0, 0.05) is 17.7 Å². The van der Waals surface area contributed by atoms with Gasteiger partial charge in [0.2, 0.25) is 0 Å². The summed E-state index contributed by atoms with van der Waals surface area (Å²) in [5, 5.41) is 4.32. The summed E-state index contributed by atoms with van der Waals surface area (Å²) in [5.74, 6) is 0. The number of hydrogen-bond acceptors (Lipinski definition) is 1. The molecule has 1 rings (SSSR count). The lowest BCUT2D eigenvalue weighted by atomic mass is 9.89. The molecule has 12 heavy (non-hydrogen) atoms. The minimum Gasteiger partial charge on any atom is -0.269 e. The fourth-order valence-corrected chi connectivity index (χ4v) is 1.70. The minimum atomic E-state index is 0.205. The maximum Gasteiger partial charge on any atom is 0.0522 e. The zero-order chi connectivity index (χ0) is 9.35. The van der Waals surface area contributed by atoms with Crippen molar-refractivity contribution < 1.29 is 0 Å². The third-order valence-electron chi connectivity index (χ3n) is 2.03. The lowest BCUT2D eigenvalue weighted by molar-refractivity contribution is 0.495. The molecule has 2 nitrogen and oxygen atoms in total. The average molecular weight is 166 g/mol. The Balaban J connectivity index is 3.19. The van der Waals surface area contributed by atoms with Crippen molar-refractivity contribution in [1.82, 2.24) is 9.78 Å². The van der Waals surface area contributed by atoms with Crippen LogP contribution in [0.1, 0.15) is 39.0 Å². The molecule has 0 aliphatic carbocycles. The third kappa shape index (κ3) is 1.52. The smallest absolute Gasteiger partial charge is 0.0522 e. The fourth-order valence-electron chi connectivity index (χ4n) is 1.70. The predicted molar refractivity (Wildman–Crippen MR) is 51.3 cm³/mol. The SMILES string of the molecule is CCn1ncc(C)c1C(C)(C)C. The summed E-state index contributed by atoms with van der Waals surface area (Å²) in [6.07, 6.45) is 1.95. The predicted octanol–water partition coefficient (Wildman–Crippen LogP) is 2.51. The van der Waals surface area contributed by atoms with Crippen LogP contribution < -0.4 is 0 Å². The van der Waals surface area contributed by atoms with Gasteiger partial charge in [0.1, 0.15) is 0 Å². The van der Waals surface area contributed by atoms with Crippen LogP contribution in [0.3, 0.4) is 0 Å². The summed E-state index contributed by atoms with van der Waals surface area (Å²) in [4.78, 5) is 0. The van der Waals surface area contributed by atoms with Crippen LogP contribution in [0.25, 0.3) is 0 Å². The average Bonchev–Trinajstić information content (AvgIpc) is 2.29. The molecular weight excluding hydrogens is 148 g/mol. The van der Waals surface area contributed by atoms with E-state index in [1.807, 2.05) is 6.20 Å². The van der Waals surface area contributed by atoms with Gasteiger partial charge in [-0.3, -0.25) is 4.68 Å². The molecule has 0 aliphatic rings. The maximum absolute atomic E-state index is 4.32. The molecule has 0 amide bonds. The van der Waals surface area contributed by atoms with E-state index in [9.17, 15) is 0 Å². The Morgan fingerprint density at radius 3 is 2.33 bits per heavy atom. The largest absolute Gasteiger partial charge is 0.269 e. The van der Waals surface area contributed by atoms with Gasteiger partial charge in [-0.25, -0.2) is 0 Å². The molecule has 0 fully saturated rings. The Bertz CT molecular complexity index is 266. The van der Waals surface area contributed by atoms with Crippen LogP contribution >= 0.6 is 0 Å². The van der Waals surface area contributed by atoms with Gasteiger partial charge in [0.15, 0.2) is 0 Å². The molecule has 0 radical (unpaired) electrons. The van der Waals surface area contributed by atoms with Crippen molar-refractivity contribution in [3.05, 3.63) is 17.5 Å². The molecule has 0 saturated carbocycles. The molecule has 0 N–H and O–H groups in total. The lowest BCUT2D eigenvalue weighted by Crippen LogP contribution is -2.19. The Hall–Kier alpha value is -0.790. The van der Waals surface area contributed by atoms with Gasteiger partial charge in [-0.05, 0) is 19.4 Å². The first-order chi connectivity index (χ1) is 5.46. The first-order valence-electron chi connectivity index (χ1n) is 4.49. The Morgan fingerprint density at radius 1 is 1.42 bits per heavy atom. The number of rotatable bonds is 1. The van der Waals surface area contributed by atoms with Crippen LogP contribution in [-0.4, -0.2) is 9.78 Å². The minimum absolute atomic E-state index is 0.205. The molecule has 0 aliphatic heterocycles. The highest BCUT2D eigenvalue weighted by Crippen LogP contribution is 2.24. The van der Waals surface area contributed by atoms with E-state index in [-0.39, 0.29) is 5.41 Å². The molecule has 1 aromatic rings. The monoisotopic (exact) mass is 166 g/mol. The molecule has 0 bridgehead atoms. The summed E-state index contributed by atoms with van der Waals surface area (Å²) >= 11 is 0. The number of aryl methyl sites for hydroxylation is 2. The zero-order valence-electron chi connectivity index (χ0n) is 8.68. The number of nitrogens with zero attached hydrogens (tertiary/aromatic N) is 2. The van der Waals surface area contributed by atoms with Crippen LogP contribution in [0.5, 0.6) is 0 Å². The van der Waals surface area contributed by atoms with E-state index in [0.717, 1.165) is 6.54 Å². The van der Waals surface area contributed by atoms with E-state index in [2.05, 4.69) is 44.4 Å². The summed E-state index contributed by atoms with van der Waals surface area (Å²) in [7, 11) is 0. The molecule has 0 spiro atoms. The van der Waals surface area contributed by atoms with Gasteiger partial charge < -0.3 is 0 Å². The third-order valence-corrected chi connectivity index (χ3v) is 2.03. The van der Waals surface area contributed by atoms with Crippen molar-refractivity contribution >= 4 is 0 Å². The van der Waals surface area contributed by atoms with Crippen LogP contribution in [0.2, 0.25) is 0 Å². The van der Waals surface area contributed by atoms with Gasteiger partial charge in [-0.2, -0.15) is 5.10 Å². The van der Waals surface area contributed by atoms with Gasteiger partial charge in [0.05, 0.1) is 6.20 Å². The van der Waals surface area contributed by atoms with Gasteiger partial charge in [0.25, 0.3) is 0 Å². The zero-order valence-corrected chi connectivity index (χ0v) is 8.68. The molecule has 2 heteroatoms. The van der Waals surface area contributed by atoms with Crippen LogP contribution in [0.4, 0.5) is 0 Å². The first-order valence-corrected chi connectivity index (χ1v) is 4.49. The molecule has 0 saturated heterocycles. The highest BCUT2D eigenvalue weighted by atomic mass is 15.3. The highest BCUT2D eigenvalue weighted by Gasteiger charge is 2.20. The van der Waals surface area contributed by atoms with Gasteiger partial charge >= 0.3 is 0 Å². The Morgan fingerprint density at radius 2 is 2.00 bits per heavy atom. The van der Waals surface area contributed by atoms with Crippen LogP contribution in [0.15, 0.2) is 6.20 Å². The topological polar surface area (TPSA) is 17.8 Å². The summed E-state index contributed by atoms with van der Waals surface area (Å²) < 4.78 is 2.08. The second-order valence-corrected chi connectivity index (χ2v) is 4.24. The fraction of sp³-hybridized carbons (Fsp3) is 0.700. The summed E-state index contributed by atoms with van der Waals surface area (Å²) in [6.45, 7) is 11.9. The standard InChI is InChI=1S/C10H18N2/c1-6-12-9(10(3,4)5)8(2)7-11-12/h7H,6H2,1-5H3. The molecule has 0 atom stereocenters. The highest BCUT2D eigenvalue weighted by molar-refractivity contribution is 5.23. The van der Waals surface area contributed by atoms with Gasteiger partial charge in [-0.15, -0.1) is 0 Å². The molecule has 1 heterocycles. The van der Waals surface area contributed by atoms with Crippen molar-refractivity contribution in [3.63, 3.8) is 0 Å². The van der Waals surface area contributed by atoms with E-state index in [1.165, 1.54) is 11.3 Å². The Labute approximate surface area is 74.6 Å². The second kappa shape index (κ2) is 2.92. The van der Waals surface area contributed by atoms with E-state index in [1.54, 1.807) is 0 Å². The number of hydrogen-bond donors (Lipinski definition) is 0. The molecule has 0 unspecified atom stereocenters. The molecule has 0 aromatic carbocycles.